The summed E-state index contributed by atoms with van der Waals surface area (Å²) in [6.07, 6.45) is 1.56. The van der Waals surface area contributed by atoms with E-state index in [0.29, 0.717) is 23.9 Å². The van der Waals surface area contributed by atoms with Crippen LogP contribution in [-0.4, -0.2) is 51.1 Å². The maximum Gasteiger partial charge on any atom is 0.224 e. The Kier molecular flexibility index (Phi) is 6.34. The third-order valence-corrected chi connectivity index (χ3v) is 4.18. The van der Waals surface area contributed by atoms with Crippen molar-refractivity contribution in [2.75, 3.05) is 45.7 Å². The van der Waals surface area contributed by atoms with E-state index in [1.807, 2.05) is 24.1 Å². The van der Waals surface area contributed by atoms with Crippen molar-refractivity contribution in [3.63, 3.8) is 0 Å². The summed E-state index contributed by atoms with van der Waals surface area (Å²) < 4.78 is 5.28. The quantitative estimate of drug-likeness (QED) is 0.807. The third-order valence-electron chi connectivity index (χ3n) is 3.95. The fraction of sp³-hybridized carbons (Fsp3) is 0.562. The van der Waals surface area contributed by atoms with E-state index >= 15 is 0 Å². The molecule has 22 heavy (non-hydrogen) atoms. The van der Waals surface area contributed by atoms with Gasteiger partial charge in [-0.05, 0) is 44.1 Å². The predicted molar refractivity (Wildman–Crippen MR) is 89.7 cm³/mol. The molecular formula is C16H24ClN3O2. The number of nitrogens with one attached hydrogen (secondary N) is 2. The summed E-state index contributed by atoms with van der Waals surface area (Å²) >= 11 is 5.99. The van der Waals surface area contributed by atoms with Crippen molar-refractivity contribution < 1.29 is 9.53 Å². The number of nitrogens with zero attached hydrogens (tertiary/aromatic N) is 1. The molecule has 2 N–H and O–H groups in total. The lowest BCUT2D eigenvalue weighted by Crippen LogP contribution is -2.31. The number of ether oxygens (including phenoxy) is 1. The number of rotatable bonds is 7. The Bertz CT molecular complexity index is 510. The van der Waals surface area contributed by atoms with E-state index in [1.54, 1.807) is 13.2 Å². The molecule has 5 nitrogen and oxygen atoms in total. The van der Waals surface area contributed by atoms with Crippen molar-refractivity contribution in [2.24, 2.45) is 5.92 Å². The van der Waals surface area contributed by atoms with Gasteiger partial charge in [0.25, 0.3) is 0 Å². The van der Waals surface area contributed by atoms with E-state index in [9.17, 15) is 4.79 Å². The highest BCUT2D eigenvalue weighted by Crippen LogP contribution is 2.27. The van der Waals surface area contributed by atoms with Gasteiger partial charge >= 0.3 is 0 Å². The molecule has 1 amide bonds. The second-order valence-corrected chi connectivity index (χ2v) is 6.01. The Morgan fingerprint density at radius 2 is 2.32 bits per heavy atom. The lowest BCUT2D eigenvalue weighted by molar-refractivity contribution is -0.129. The van der Waals surface area contributed by atoms with Gasteiger partial charge in [-0.25, -0.2) is 0 Å². The summed E-state index contributed by atoms with van der Waals surface area (Å²) in [6, 6.07) is 5.40. The van der Waals surface area contributed by atoms with Crippen molar-refractivity contribution in [1.29, 1.82) is 0 Å². The molecule has 0 aromatic heterocycles. The van der Waals surface area contributed by atoms with Gasteiger partial charge in [0, 0.05) is 31.1 Å². The van der Waals surface area contributed by atoms with Gasteiger partial charge in [-0.15, -0.1) is 0 Å². The number of anilines is 1. The first-order valence-corrected chi connectivity index (χ1v) is 8.01. The fourth-order valence-corrected chi connectivity index (χ4v) is 2.97. The van der Waals surface area contributed by atoms with E-state index < -0.39 is 0 Å². The molecule has 1 heterocycles. The molecule has 1 aromatic carbocycles. The Balaban J connectivity index is 1.79. The minimum absolute atomic E-state index is 0.201. The molecule has 1 fully saturated rings. The van der Waals surface area contributed by atoms with Crippen LogP contribution in [0.25, 0.3) is 0 Å². The second-order valence-electron chi connectivity index (χ2n) is 5.57. The maximum atomic E-state index is 12.2. The van der Waals surface area contributed by atoms with Crippen LogP contribution in [0.3, 0.4) is 0 Å². The van der Waals surface area contributed by atoms with E-state index in [1.165, 1.54) is 0 Å². The van der Waals surface area contributed by atoms with Gasteiger partial charge in [0.15, 0.2) is 0 Å². The van der Waals surface area contributed by atoms with Crippen molar-refractivity contribution in [3.05, 3.63) is 23.2 Å². The van der Waals surface area contributed by atoms with Gasteiger partial charge in [-0.3, -0.25) is 4.79 Å². The van der Waals surface area contributed by atoms with Gasteiger partial charge in [-0.1, -0.05) is 11.6 Å². The highest BCUT2D eigenvalue weighted by molar-refractivity contribution is 6.30. The molecule has 1 aliphatic rings. The molecule has 0 bridgehead atoms. The smallest absolute Gasteiger partial charge is 0.224 e. The average Bonchev–Trinajstić information content (AvgIpc) is 2.96. The van der Waals surface area contributed by atoms with Crippen LogP contribution in [0.15, 0.2) is 18.2 Å². The fourth-order valence-electron chi connectivity index (χ4n) is 2.80. The van der Waals surface area contributed by atoms with Crippen molar-refractivity contribution in [1.82, 2.24) is 10.2 Å². The standard InChI is InChI=1S/C16H24ClN3O2/c1-18-10-12-6-8-20(11-12)16(21)5-7-19-14-9-13(17)3-4-15(14)22-2/h3-4,9,12,18-19H,5-8,10-11H2,1-2H3. The zero-order valence-electron chi connectivity index (χ0n) is 13.2. The van der Waals surface area contributed by atoms with Crippen LogP contribution in [0.1, 0.15) is 12.8 Å². The highest BCUT2D eigenvalue weighted by Gasteiger charge is 2.25. The summed E-state index contributed by atoms with van der Waals surface area (Å²) in [4.78, 5) is 14.2. The van der Waals surface area contributed by atoms with Crippen LogP contribution in [0.2, 0.25) is 5.02 Å². The molecule has 0 radical (unpaired) electrons. The van der Waals surface area contributed by atoms with Gasteiger partial charge in [0.2, 0.25) is 5.91 Å². The van der Waals surface area contributed by atoms with Gasteiger partial charge in [0.1, 0.15) is 5.75 Å². The van der Waals surface area contributed by atoms with E-state index in [0.717, 1.165) is 37.5 Å². The van der Waals surface area contributed by atoms with Crippen LogP contribution in [0, 0.1) is 5.92 Å². The van der Waals surface area contributed by atoms with Crippen LogP contribution in [-0.2, 0) is 4.79 Å². The molecule has 122 valence electrons. The lowest BCUT2D eigenvalue weighted by atomic mass is 10.1. The number of halogens is 1. The molecule has 1 atom stereocenters. The molecule has 2 rings (SSSR count). The van der Waals surface area contributed by atoms with Crippen molar-refractivity contribution >= 4 is 23.2 Å². The first-order chi connectivity index (χ1) is 10.6. The monoisotopic (exact) mass is 325 g/mol. The summed E-state index contributed by atoms with van der Waals surface area (Å²) in [7, 11) is 3.57. The predicted octanol–water partition coefficient (Wildman–Crippen LogP) is 2.22. The maximum absolute atomic E-state index is 12.2. The summed E-state index contributed by atoms with van der Waals surface area (Å²) in [6.45, 7) is 3.27. The van der Waals surface area contributed by atoms with Crippen LogP contribution < -0.4 is 15.4 Å². The largest absolute Gasteiger partial charge is 0.495 e. The van der Waals surface area contributed by atoms with E-state index in [2.05, 4.69) is 10.6 Å². The zero-order chi connectivity index (χ0) is 15.9. The SMILES string of the molecule is CNCC1CCN(C(=O)CCNc2cc(Cl)ccc2OC)C1. The highest BCUT2D eigenvalue weighted by atomic mass is 35.5. The number of hydrogen-bond acceptors (Lipinski definition) is 4. The minimum atomic E-state index is 0.201. The number of hydrogen-bond donors (Lipinski definition) is 2. The molecule has 6 heteroatoms. The first kappa shape index (κ1) is 16.9. The van der Waals surface area contributed by atoms with Gasteiger partial charge in [-0.2, -0.15) is 0 Å². The van der Waals surface area contributed by atoms with Gasteiger partial charge in [0.05, 0.1) is 12.8 Å². The van der Waals surface area contributed by atoms with Crippen LogP contribution in [0.4, 0.5) is 5.69 Å². The van der Waals surface area contributed by atoms with Crippen molar-refractivity contribution in [3.8, 4) is 5.75 Å². The number of amides is 1. The number of carbonyl (C=O) groups is 1. The first-order valence-electron chi connectivity index (χ1n) is 7.63. The zero-order valence-corrected chi connectivity index (χ0v) is 13.9. The normalized spacial score (nSPS) is 17.6. The Morgan fingerprint density at radius 3 is 3.05 bits per heavy atom. The van der Waals surface area contributed by atoms with Crippen LogP contribution >= 0.6 is 11.6 Å². The molecule has 1 unspecified atom stereocenters. The Hall–Kier alpha value is -1.46. The molecular weight excluding hydrogens is 302 g/mol. The average molecular weight is 326 g/mol. The van der Waals surface area contributed by atoms with E-state index in [4.69, 9.17) is 16.3 Å². The molecule has 0 aliphatic carbocycles. The molecule has 1 aromatic rings. The van der Waals surface area contributed by atoms with E-state index in [-0.39, 0.29) is 5.91 Å². The summed E-state index contributed by atoms with van der Waals surface area (Å²) in [5.74, 6) is 1.51. The Morgan fingerprint density at radius 1 is 1.50 bits per heavy atom. The van der Waals surface area contributed by atoms with Crippen molar-refractivity contribution in [2.45, 2.75) is 12.8 Å². The molecule has 0 saturated carbocycles. The number of carbonyl (C=O) groups excluding carboxylic acids is 1. The third kappa shape index (κ3) is 4.52. The lowest BCUT2D eigenvalue weighted by Gasteiger charge is -2.17. The topological polar surface area (TPSA) is 53.6 Å². The number of likely N-dealkylation sites (tertiary alicyclic amines) is 1. The molecule has 1 saturated heterocycles. The Labute approximate surface area is 137 Å². The van der Waals surface area contributed by atoms with Gasteiger partial charge < -0.3 is 20.3 Å². The summed E-state index contributed by atoms with van der Waals surface area (Å²) in [5.41, 5.74) is 0.817. The van der Waals surface area contributed by atoms with Crippen LogP contribution in [0.5, 0.6) is 5.75 Å². The molecule has 0 spiro atoms. The number of methoxy groups -OCH3 is 1. The number of benzene rings is 1. The minimum Gasteiger partial charge on any atom is -0.495 e. The summed E-state index contributed by atoms with van der Waals surface area (Å²) in [5, 5.41) is 7.04. The molecule has 1 aliphatic heterocycles. The second kappa shape index (κ2) is 8.25.